The fourth-order valence-corrected chi connectivity index (χ4v) is 4.35. The number of anilines is 1. The molecule has 0 amide bonds. The van der Waals surface area contributed by atoms with Crippen LogP contribution >= 0.6 is 0 Å². The molecule has 26 heavy (non-hydrogen) atoms. The van der Waals surface area contributed by atoms with Crippen LogP contribution in [0, 0.1) is 11.8 Å². The average Bonchev–Trinajstić information content (AvgIpc) is 2.70. The molecule has 0 atom stereocenters. The van der Waals surface area contributed by atoms with Crippen LogP contribution in [0.15, 0.2) is 24.3 Å². The molecule has 2 aliphatic rings. The molecule has 3 nitrogen and oxygen atoms in total. The zero-order chi connectivity index (χ0) is 19.1. The summed E-state index contributed by atoms with van der Waals surface area (Å²) in [4.78, 5) is 16.6. The van der Waals surface area contributed by atoms with Gasteiger partial charge in [-0.25, -0.2) is 0 Å². The fourth-order valence-electron chi connectivity index (χ4n) is 4.35. The standard InChI is InChI=1S/C21H32N2O.C2H6/c1-16(2)18-8-12-22(13-9-18)21-10-14-23(15-11-21)20-6-4-19(5-7-20)17(3)24;1-2/h4-7,16,18,21H,8-15H2,1-3H3;1-2H3. The Morgan fingerprint density at radius 3 is 1.92 bits per heavy atom. The summed E-state index contributed by atoms with van der Waals surface area (Å²) >= 11 is 0. The van der Waals surface area contributed by atoms with E-state index in [1.165, 1.54) is 44.5 Å². The van der Waals surface area contributed by atoms with E-state index < -0.39 is 0 Å². The highest BCUT2D eigenvalue weighted by Crippen LogP contribution is 2.29. The number of benzene rings is 1. The summed E-state index contributed by atoms with van der Waals surface area (Å²) in [5.41, 5.74) is 2.07. The van der Waals surface area contributed by atoms with Crippen LogP contribution in [0.4, 0.5) is 5.69 Å². The van der Waals surface area contributed by atoms with Gasteiger partial charge in [0.25, 0.3) is 0 Å². The van der Waals surface area contributed by atoms with Gasteiger partial charge in [0.2, 0.25) is 0 Å². The van der Waals surface area contributed by atoms with Gasteiger partial charge in [-0.15, -0.1) is 0 Å². The van der Waals surface area contributed by atoms with Gasteiger partial charge in [0, 0.05) is 30.4 Å². The first-order chi connectivity index (χ1) is 12.5. The summed E-state index contributed by atoms with van der Waals surface area (Å²) in [6.45, 7) is 15.2. The van der Waals surface area contributed by atoms with E-state index in [4.69, 9.17) is 0 Å². The van der Waals surface area contributed by atoms with Crippen LogP contribution in [0.5, 0.6) is 0 Å². The number of hydrogen-bond donors (Lipinski definition) is 0. The molecule has 0 bridgehead atoms. The van der Waals surface area contributed by atoms with Crippen molar-refractivity contribution in [1.29, 1.82) is 0 Å². The molecule has 0 aliphatic carbocycles. The lowest BCUT2D eigenvalue weighted by Crippen LogP contribution is -2.48. The van der Waals surface area contributed by atoms with Crippen molar-refractivity contribution in [2.45, 2.75) is 66.3 Å². The number of carbonyl (C=O) groups is 1. The highest BCUT2D eigenvalue weighted by molar-refractivity contribution is 5.94. The van der Waals surface area contributed by atoms with E-state index in [9.17, 15) is 4.79 Å². The van der Waals surface area contributed by atoms with Crippen molar-refractivity contribution in [2.75, 3.05) is 31.1 Å². The predicted molar refractivity (Wildman–Crippen MR) is 112 cm³/mol. The van der Waals surface area contributed by atoms with E-state index in [1.54, 1.807) is 6.92 Å². The largest absolute Gasteiger partial charge is 0.371 e. The maximum atomic E-state index is 11.4. The molecule has 3 heteroatoms. The van der Waals surface area contributed by atoms with Crippen molar-refractivity contribution in [3.05, 3.63) is 29.8 Å². The first-order valence-electron chi connectivity index (χ1n) is 10.6. The molecule has 1 aromatic carbocycles. The Kier molecular flexibility index (Phi) is 8.15. The Morgan fingerprint density at radius 1 is 0.923 bits per heavy atom. The Morgan fingerprint density at radius 2 is 1.46 bits per heavy atom. The molecule has 0 spiro atoms. The number of Topliss-reactive ketones (excluding diaryl/α,β-unsaturated/α-hetero) is 1. The molecule has 1 aromatic rings. The van der Waals surface area contributed by atoms with E-state index in [0.29, 0.717) is 0 Å². The van der Waals surface area contributed by atoms with Gasteiger partial charge in [-0.2, -0.15) is 0 Å². The monoisotopic (exact) mass is 358 g/mol. The second kappa shape index (κ2) is 10.1. The van der Waals surface area contributed by atoms with Crippen LogP contribution in [0.1, 0.15) is 70.7 Å². The van der Waals surface area contributed by atoms with Crippen LogP contribution in [0.2, 0.25) is 0 Å². The van der Waals surface area contributed by atoms with Crippen molar-refractivity contribution in [3.63, 3.8) is 0 Å². The SMILES string of the molecule is CC.CC(=O)c1ccc(N2CCC(N3CCC(C(C)C)CC3)CC2)cc1. The van der Waals surface area contributed by atoms with Crippen molar-refractivity contribution in [2.24, 2.45) is 11.8 Å². The predicted octanol–water partition coefficient (Wildman–Crippen LogP) is 5.25. The first-order valence-corrected chi connectivity index (χ1v) is 10.6. The summed E-state index contributed by atoms with van der Waals surface area (Å²) in [6, 6.07) is 8.89. The topological polar surface area (TPSA) is 23.6 Å². The lowest BCUT2D eigenvalue weighted by Gasteiger charge is -2.43. The number of carbonyl (C=O) groups excluding carboxylic acids is 1. The van der Waals surface area contributed by atoms with Crippen molar-refractivity contribution in [1.82, 2.24) is 4.90 Å². The molecule has 2 heterocycles. The van der Waals surface area contributed by atoms with Gasteiger partial charge in [-0.3, -0.25) is 4.79 Å². The normalized spacial score (nSPS) is 20.0. The molecular weight excluding hydrogens is 320 g/mol. The second-order valence-electron chi connectivity index (χ2n) is 7.94. The fraction of sp³-hybridized carbons (Fsp3) is 0.696. The lowest BCUT2D eigenvalue weighted by atomic mass is 9.85. The minimum Gasteiger partial charge on any atom is -0.371 e. The van der Waals surface area contributed by atoms with Crippen molar-refractivity contribution in [3.8, 4) is 0 Å². The van der Waals surface area contributed by atoms with Crippen LogP contribution in [-0.2, 0) is 0 Å². The van der Waals surface area contributed by atoms with Gasteiger partial charge in [-0.1, -0.05) is 27.7 Å². The minimum absolute atomic E-state index is 0.144. The summed E-state index contributed by atoms with van der Waals surface area (Å²) < 4.78 is 0. The Bertz CT molecular complexity index is 536. The van der Waals surface area contributed by atoms with Crippen LogP contribution < -0.4 is 4.90 Å². The highest BCUT2D eigenvalue weighted by Gasteiger charge is 2.29. The van der Waals surface area contributed by atoms with Gasteiger partial charge in [-0.05, 0) is 81.8 Å². The van der Waals surface area contributed by atoms with E-state index in [1.807, 2.05) is 26.0 Å². The number of hydrogen-bond acceptors (Lipinski definition) is 3. The number of likely N-dealkylation sites (tertiary alicyclic amines) is 1. The number of piperidine rings is 2. The molecule has 2 saturated heterocycles. The minimum atomic E-state index is 0.144. The van der Waals surface area contributed by atoms with E-state index >= 15 is 0 Å². The summed E-state index contributed by atoms with van der Waals surface area (Å²) in [7, 11) is 0. The molecule has 2 fully saturated rings. The van der Waals surface area contributed by atoms with Gasteiger partial charge >= 0.3 is 0 Å². The average molecular weight is 359 g/mol. The Labute approximate surface area is 160 Å². The summed E-state index contributed by atoms with van der Waals surface area (Å²) in [5, 5.41) is 0. The third-order valence-corrected chi connectivity index (χ3v) is 6.14. The molecular formula is C23H38N2O. The lowest BCUT2D eigenvalue weighted by molar-refractivity contribution is 0.101. The Hall–Kier alpha value is -1.35. The molecule has 146 valence electrons. The van der Waals surface area contributed by atoms with Gasteiger partial charge in [0.05, 0.1) is 0 Å². The molecule has 0 radical (unpaired) electrons. The van der Waals surface area contributed by atoms with E-state index in [0.717, 1.165) is 36.5 Å². The van der Waals surface area contributed by atoms with Crippen molar-refractivity contribution < 1.29 is 4.79 Å². The van der Waals surface area contributed by atoms with Crippen molar-refractivity contribution >= 4 is 11.5 Å². The van der Waals surface area contributed by atoms with Gasteiger partial charge in [0.15, 0.2) is 5.78 Å². The molecule has 0 saturated carbocycles. The third-order valence-electron chi connectivity index (χ3n) is 6.14. The summed E-state index contributed by atoms with van der Waals surface area (Å²) in [6.07, 6.45) is 5.29. The van der Waals surface area contributed by atoms with Crippen LogP contribution in [-0.4, -0.2) is 42.9 Å². The quantitative estimate of drug-likeness (QED) is 0.687. The smallest absolute Gasteiger partial charge is 0.159 e. The van der Waals surface area contributed by atoms with Crippen LogP contribution in [0.25, 0.3) is 0 Å². The molecule has 0 N–H and O–H groups in total. The molecule has 0 aromatic heterocycles. The Balaban J connectivity index is 0.00000117. The number of rotatable bonds is 4. The molecule has 3 rings (SSSR count). The maximum Gasteiger partial charge on any atom is 0.159 e. The van der Waals surface area contributed by atoms with Gasteiger partial charge < -0.3 is 9.80 Å². The second-order valence-corrected chi connectivity index (χ2v) is 7.94. The molecule has 2 aliphatic heterocycles. The van der Waals surface area contributed by atoms with Crippen LogP contribution in [0.3, 0.4) is 0 Å². The highest BCUT2D eigenvalue weighted by atomic mass is 16.1. The number of ketones is 1. The van der Waals surface area contributed by atoms with Gasteiger partial charge in [0.1, 0.15) is 0 Å². The molecule has 0 unspecified atom stereocenters. The van der Waals surface area contributed by atoms with E-state index in [2.05, 4.69) is 35.8 Å². The van der Waals surface area contributed by atoms with E-state index in [-0.39, 0.29) is 5.78 Å². The number of nitrogens with zero attached hydrogens (tertiary/aromatic N) is 2. The maximum absolute atomic E-state index is 11.4. The zero-order valence-corrected chi connectivity index (χ0v) is 17.5. The summed E-state index contributed by atoms with van der Waals surface area (Å²) in [5.74, 6) is 1.91. The first kappa shape index (κ1) is 21.0. The zero-order valence-electron chi connectivity index (χ0n) is 17.5. The third kappa shape index (κ3) is 5.33.